The van der Waals surface area contributed by atoms with Crippen LogP contribution in [0.4, 0.5) is 0 Å². The molecule has 4 unspecified atom stereocenters. The number of nitrogens with one attached hydrogen (secondary N) is 3. The predicted molar refractivity (Wildman–Crippen MR) is 122 cm³/mol. The van der Waals surface area contributed by atoms with Crippen LogP contribution in [0.15, 0.2) is 0 Å². The van der Waals surface area contributed by atoms with E-state index in [0.29, 0.717) is 25.8 Å². The standard InChI is InChI=1S/C20H39N5O5S/c1-11(2)9-13(22)17(26)24-15(10-31)19(28)23-14(7-5-6-8-21)18(27)25-16(12(3)4)20(29)30/h11-16,31H,5-10,21-22H2,1-4H3,(H,23,28)(H,24,26)(H,25,27)(H,29,30). The van der Waals surface area contributed by atoms with Crippen molar-refractivity contribution in [1.82, 2.24) is 16.0 Å². The van der Waals surface area contributed by atoms with Gasteiger partial charge in [0, 0.05) is 5.75 Å². The highest BCUT2D eigenvalue weighted by Crippen LogP contribution is 2.07. The van der Waals surface area contributed by atoms with Gasteiger partial charge in [-0.1, -0.05) is 27.7 Å². The highest BCUT2D eigenvalue weighted by Gasteiger charge is 2.30. The van der Waals surface area contributed by atoms with Crippen LogP contribution in [0.5, 0.6) is 0 Å². The summed E-state index contributed by atoms with van der Waals surface area (Å²) in [6.45, 7) is 7.64. The number of amides is 3. The topological polar surface area (TPSA) is 177 Å². The number of carbonyl (C=O) groups excluding carboxylic acids is 3. The number of carbonyl (C=O) groups is 4. The van der Waals surface area contributed by atoms with E-state index < -0.39 is 47.9 Å². The Morgan fingerprint density at radius 1 is 0.903 bits per heavy atom. The van der Waals surface area contributed by atoms with Crippen LogP contribution in [-0.2, 0) is 19.2 Å². The summed E-state index contributed by atoms with van der Waals surface area (Å²) in [5, 5.41) is 17.0. The van der Waals surface area contributed by atoms with Crippen molar-refractivity contribution in [3.63, 3.8) is 0 Å². The molecule has 0 fully saturated rings. The first-order valence-electron chi connectivity index (χ1n) is 10.6. The molecular formula is C20H39N5O5S. The Hall–Kier alpha value is -1.85. The van der Waals surface area contributed by atoms with E-state index in [0.717, 1.165) is 0 Å². The molecule has 0 aromatic carbocycles. The molecule has 0 saturated carbocycles. The molecule has 180 valence electrons. The summed E-state index contributed by atoms with van der Waals surface area (Å²) < 4.78 is 0. The van der Waals surface area contributed by atoms with Gasteiger partial charge < -0.3 is 32.5 Å². The van der Waals surface area contributed by atoms with Crippen molar-refractivity contribution >= 4 is 36.3 Å². The fourth-order valence-corrected chi connectivity index (χ4v) is 3.15. The second kappa shape index (κ2) is 15.0. The number of aliphatic carboxylic acids is 1. The SMILES string of the molecule is CC(C)CC(N)C(=O)NC(CS)C(=O)NC(CCCCN)C(=O)NC(C(=O)O)C(C)C. The molecule has 3 amide bonds. The average Bonchev–Trinajstić information content (AvgIpc) is 2.67. The van der Waals surface area contributed by atoms with Gasteiger partial charge in [-0.2, -0.15) is 12.6 Å². The molecule has 10 nitrogen and oxygen atoms in total. The van der Waals surface area contributed by atoms with E-state index in [1.54, 1.807) is 13.8 Å². The fraction of sp³-hybridized carbons (Fsp3) is 0.800. The van der Waals surface area contributed by atoms with E-state index in [-0.39, 0.29) is 24.0 Å². The molecule has 0 spiro atoms. The molecule has 0 bridgehead atoms. The lowest BCUT2D eigenvalue weighted by Gasteiger charge is -2.25. The molecule has 0 aliphatic rings. The zero-order valence-corrected chi connectivity index (χ0v) is 19.8. The first-order chi connectivity index (χ1) is 14.4. The Bertz CT molecular complexity index is 603. The summed E-state index contributed by atoms with van der Waals surface area (Å²) in [6.07, 6.45) is 1.94. The van der Waals surface area contributed by atoms with Crippen LogP contribution in [0.3, 0.4) is 0 Å². The summed E-state index contributed by atoms with van der Waals surface area (Å²) in [7, 11) is 0. The van der Waals surface area contributed by atoms with E-state index in [2.05, 4.69) is 28.6 Å². The van der Waals surface area contributed by atoms with Gasteiger partial charge in [0.15, 0.2) is 0 Å². The van der Waals surface area contributed by atoms with Crippen molar-refractivity contribution in [2.24, 2.45) is 23.3 Å². The number of unbranched alkanes of at least 4 members (excludes halogenated alkanes) is 1. The number of thiol groups is 1. The Balaban J connectivity index is 5.24. The molecule has 0 radical (unpaired) electrons. The zero-order valence-electron chi connectivity index (χ0n) is 18.9. The smallest absolute Gasteiger partial charge is 0.326 e. The normalized spacial score (nSPS) is 15.1. The van der Waals surface area contributed by atoms with Gasteiger partial charge in [-0.05, 0) is 44.1 Å². The van der Waals surface area contributed by atoms with Crippen LogP contribution >= 0.6 is 12.6 Å². The van der Waals surface area contributed by atoms with Gasteiger partial charge in [0.2, 0.25) is 17.7 Å². The molecule has 0 aromatic rings. The Labute approximate surface area is 190 Å². The van der Waals surface area contributed by atoms with Gasteiger partial charge >= 0.3 is 5.97 Å². The van der Waals surface area contributed by atoms with Crippen molar-refractivity contribution in [2.75, 3.05) is 12.3 Å². The molecule has 31 heavy (non-hydrogen) atoms. The first-order valence-corrected chi connectivity index (χ1v) is 11.3. The van der Waals surface area contributed by atoms with Gasteiger partial charge in [-0.3, -0.25) is 14.4 Å². The minimum atomic E-state index is -1.16. The largest absolute Gasteiger partial charge is 0.480 e. The Kier molecular flexibility index (Phi) is 14.1. The maximum absolute atomic E-state index is 12.7. The van der Waals surface area contributed by atoms with Gasteiger partial charge in [0.05, 0.1) is 6.04 Å². The monoisotopic (exact) mass is 461 g/mol. The molecule has 0 aliphatic carbocycles. The third kappa shape index (κ3) is 11.4. The molecule has 11 heteroatoms. The lowest BCUT2D eigenvalue weighted by molar-refractivity contribution is -0.143. The number of nitrogens with two attached hydrogens (primary N) is 2. The van der Waals surface area contributed by atoms with Crippen LogP contribution < -0.4 is 27.4 Å². The predicted octanol–water partition coefficient (Wildman–Crippen LogP) is -0.386. The van der Waals surface area contributed by atoms with E-state index in [4.69, 9.17) is 11.5 Å². The van der Waals surface area contributed by atoms with E-state index in [9.17, 15) is 24.3 Å². The van der Waals surface area contributed by atoms with Gasteiger partial charge in [-0.15, -0.1) is 0 Å². The lowest BCUT2D eigenvalue weighted by Crippen LogP contribution is -2.58. The zero-order chi connectivity index (χ0) is 24.1. The average molecular weight is 462 g/mol. The van der Waals surface area contributed by atoms with Crippen LogP contribution in [0, 0.1) is 11.8 Å². The highest BCUT2D eigenvalue weighted by molar-refractivity contribution is 7.80. The highest BCUT2D eigenvalue weighted by atomic mass is 32.1. The van der Waals surface area contributed by atoms with E-state index in [1.165, 1.54) is 0 Å². The maximum atomic E-state index is 12.7. The maximum Gasteiger partial charge on any atom is 0.326 e. The minimum Gasteiger partial charge on any atom is -0.480 e. The van der Waals surface area contributed by atoms with Crippen molar-refractivity contribution < 1.29 is 24.3 Å². The second-order valence-electron chi connectivity index (χ2n) is 8.39. The Morgan fingerprint density at radius 2 is 1.45 bits per heavy atom. The third-order valence-electron chi connectivity index (χ3n) is 4.69. The van der Waals surface area contributed by atoms with E-state index >= 15 is 0 Å². The molecule has 4 atom stereocenters. The van der Waals surface area contributed by atoms with Crippen LogP contribution in [0.2, 0.25) is 0 Å². The second-order valence-corrected chi connectivity index (χ2v) is 8.76. The van der Waals surface area contributed by atoms with Crippen molar-refractivity contribution in [3.8, 4) is 0 Å². The number of carboxylic acid groups (broad SMARTS) is 1. The van der Waals surface area contributed by atoms with Crippen molar-refractivity contribution in [3.05, 3.63) is 0 Å². The summed E-state index contributed by atoms with van der Waals surface area (Å²) in [5.74, 6) is -2.95. The van der Waals surface area contributed by atoms with Crippen LogP contribution in [0.25, 0.3) is 0 Å². The van der Waals surface area contributed by atoms with Crippen LogP contribution in [-0.4, -0.2) is 65.3 Å². The van der Waals surface area contributed by atoms with Crippen molar-refractivity contribution in [2.45, 2.75) is 77.5 Å². The van der Waals surface area contributed by atoms with Crippen LogP contribution in [0.1, 0.15) is 53.4 Å². The first kappa shape index (κ1) is 29.1. The number of hydrogen-bond acceptors (Lipinski definition) is 7. The summed E-state index contributed by atoms with van der Waals surface area (Å²) in [4.78, 5) is 49.1. The number of rotatable bonds is 15. The molecule has 0 heterocycles. The van der Waals surface area contributed by atoms with Crippen molar-refractivity contribution in [1.29, 1.82) is 0 Å². The Morgan fingerprint density at radius 3 is 1.90 bits per heavy atom. The quantitative estimate of drug-likeness (QED) is 0.128. The molecule has 0 rings (SSSR count). The molecule has 8 N–H and O–H groups in total. The third-order valence-corrected chi connectivity index (χ3v) is 5.05. The van der Waals surface area contributed by atoms with E-state index in [1.807, 2.05) is 13.8 Å². The summed E-state index contributed by atoms with van der Waals surface area (Å²) in [5.41, 5.74) is 11.4. The fourth-order valence-electron chi connectivity index (χ4n) is 2.89. The number of carboxylic acids is 1. The summed E-state index contributed by atoms with van der Waals surface area (Å²) >= 11 is 4.13. The molecule has 0 saturated heterocycles. The van der Waals surface area contributed by atoms with Gasteiger partial charge in [0.25, 0.3) is 0 Å². The number of hydrogen-bond donors (Lipinski definition) is 7. The van der Waals surface area contributed by atoms with Gasteiger partial charge in [-0.25, -0.2) is 4.79 Å². The molecule has 0 aliphatic heterocycles. The lowest BCUT2D eigenvalue weighted by atomic mass is 10.0. The molecular weight excluding hydrogens is 422 g/mol. The minimum absolute atomic E-state index is 0.00680. The molecule has 0 aromatic heterocycles. The van der Waals surface area contributed by atoms with Gasteiger partial charge in [0.1, 0.15) is 18.1 Å². The summed E-state index contributed by atoms with van der Waals surface area (Å²) in [6, 6.07) is -3.81.